The molecule has 0 saturated carbocycles. The van der Waals surface area contributed by atoms with Gasteiger partial charge in [0.1, 0.15) is 0 Å². The summed E-state index contributed by atoms with van der Waals surface area (Å²) in [6.45, 7) is 2.21. The SMILES string of the molecule is CCCCc1ccc2c(c1)C(=Cc1[nH]c3c(c1Cc1nccc4ccccc14)CCCC3)C(=O)N2. The molecule has 0 spiro atoms. The molecule has 2 aromatic heterocycles. The average Bonchev–Trinajstić information content (AvgIpc) is 3.39. The molecule has 3 heterocycles. The second kappa shape index (κ2) is 9.18. The number of nitrogens with zero attached hydrogens (tertiary/aromatic N) is 1. The Hall–Kier alpha value is -3.66. The van der Waals surface area contributed by atoms with Gasteiger partial charge in [0.25, 0.3) is 5.91 Å². The molecule has 2 aromatic carbocycles. The molecule has 4 nitrogen and oxygen atoms in total. The van der Waals surface area contributed by atoms with Crippen LogP contribution in [0.5, 0.6) is 0 Å². The fraction of sp³-hybridized carbons (Fsp3) is 0.290. The molecule has 176 valence electrons. The number of aryl methyl sites for hydroxylation is 2. The number of hydrogen-bond acceptors (Lipinski definition) is 2. The number of aromatic amines is 1. The van der Waals surface area contributed by atoms with Crippen LogP contribution in [-0.4, -0.2) is 15.9 Å². The van der Waals surface area contributed by atoms with E-state index in [2.05, 4.69) is 71.8 Å². The molecule has 1 aliphatic heterocycles. The molecule has 0 radical (unpaired) electrons. The summed E-state index contributed by atoms with van der Waals surface area (Å²) in [5, 5.41) is 5.48. The number of carbonyl (C=O) groups is 1. The summed E-state index contributed by atoms with van der Waals surface area (Å²) in [6, 6.07) is 16.9. The summed E-state index contributed by atoms with van der Waals surface area (Å²) in [5.74, 6) is -0.0190. The molecular formula is C31H31N3O. The lowest BCUT2D eigenvalue weighted by molar-refractivity contribution is -0.110. The highest BCUT2D eigenvalue weighted by atomic mass is 16.2. The Morgan fingerprint density at radius 2 is 1.94 bits per heavy atom. The standard InChI is InChI=1S/C31H31N3O/c1-2-3-8-20-13-14-28-24(17-20)26(31(35)34-28)19-30-25(23-11-6-7-12-27(23)33-30)18-29-22-10-5-4-9-21(22)15-16-32-29/h4-5,9-10,13-17,19,33H,2-3,6-8,11-12,18H2,1H3,(H,34,35). The molecular weight excluding hydrogens is 430 g/mol. The smallest absolute Gasteiger partial charge is 0.256 e. The third-order valence-electron chi connectivity index (χ3n) is 7.52. The quantitative estimate of drug-likeness (QED) is 0.308. The molecule has 4 heteroatoms. The number of pyridine rings is 1. The van der Waals surface area contributed by atoms with Gasteiger partial charge in [0.15, 0.2) is 0 Å². The van der Waals surface area contributed by atoms with E-state index in [1.807, 2.05) is 6.20 Å². The Kier molecular flexibility index (Phi) is 5.73. The predicted octanol–water partition coefficient (Wildman–Crippen LogP) is 6.87. The van der Waals surface area contributed by atoms with Crippen LogP contribution in [-0.2, 0) is 30.5 Å². The van der Waals surface area contributed by atoms with Gasteiger partial charge in [-0.2, -0.15) is 0 Å². The van der Waals surface area contributed by atoms with E-state index >= 15 is 0 Å². The van der Waals surface area contributed by atoms with Crippen molar-refractivity contribution in [1.29, 1.82) is 0 Å². The molecule has 0 bridgehead atoms. The lowest BCUT2D eigenvalue weighted by Crippen LogP contribution is -2.04. The highest BCUT2D eigenvalue weighted by Crippen LogP contribution is 2.37. The molecule has 35 heavy (non-hydrogen) atoms. The van der Waals surface area contributed by atoms with Gasteiger partial charge < -0.3 is 10.3 Å². The summed E-state index contributed by atoms with van der Waals surface area (Å²) in [5.41, 5.74) is 10.2. The second-order valence-corrected chi connectivity index (χ2v) is 9.83. The first kappa shape index (κ1) is 21.8. The van der Waals surface area contributed by atoms with E-state index < -0.39 is 0 Å². The molecule has 2 N–H and O–H groups in total. The summed E-state index contributed by atoms with van der Waals surface area (Å²) in [6.07, 6.45) is 12.7. The Labute approximate surface area is 206 Å². The number of benzene rings is 2. The number of hydrogen-bond donors (Lipinski definition) is 2. The van der Waals surface area contributed by atoms with Crippen molar-refractivity contribution in [3.8, 4) is 0 Å². The number of rotatable bonds is 6. The maximum Gasteiger partial charge on any atom is 0.256 e. The van der Waals surface area contributed by atoms with Crippen molar-refractivity contribution in [2.45, 2.75) is 58.3 Å². The molecule has 1 aliphatic carbocycles. The average molecular weight is 462 g/mol. The van der Waals surface area contributed by atoms with Gasteiger partial charge in [0.2, 0.25) is 0 Å². The minimum absolute atomic E-state index is 0.0190. The Balaban J connectivity index is 1.45. The lowest BCUT2D eigenvalue weighted by Gasteiger charge is -2.13. The van der Waals surface area contributed by atoms with Crippen molar-refractivity contribution in [2.75, 3.05) is 5.32 Å². The van der Waals surface area contributed by atoms with Crippen molar-refractivity contribution in [3.63, 3.8) is 0 Å². The predicted molar refractivity (Wildman–Crippen MR) is 144 cm³/mol. The normalized spacial score (nSPS) is 15.9. The zero-order valence-corrected chi connectivity index (χ0v) is 20.3. The fourth-order valence-electron chi connectivity index (χ4n) is 5.65. The Morgan fingerprint density at radius 1 is 1.06 bits per heavy atom. The van der Waals surface area contributed by atoms with E-state index in [9.17, 15) is 4.79 Å². The van der Waals surface area contributed by atoms with Crippen LogP contribution in [0.2, 0.25) is 0 Å². The zero-order valence-electron chi connectivity index (χ0n) is 20.3. The van der Waals surface area contributed by atoms with Gasteiger partial charge in [-0.3, -0.25) is 9.78 Å². The monoisotopic (exact) mass is 461 g/mol. The van der Waals surface area contributed by atoms with Gasteiger partial charge in [-0.15, -0.1) is 0 Å². The third-order valence-corrected chi connectivity index (χ3v) is 7.52. The van der Waals surface area contributed by atoms with Crippen LogP contribution < -0.4 is 5.32 Å². The molecule has 0 atom stereocenters. The van der Waals surface area contributed by atoms with Gasteiger partial charge in [0, 0.05) is 40.6 Å². The maximum atomic E-state index is 13.0. The molecule has 0 saturated heterocycles. The molecule has 4 aromatic rings. The van der Waals surface area contributed by atoms with Crippen molar-refractivity contribution >= 4 is 34.0 Å². The van der Waals surface area contributed by atoms with E-state index in [0.717, 1.165) is 66.7 Å². The zero-order chi connectivity index (χ0) is 23.8. The van der Waals surface area contributed by atoms with Crippen LogP contribution >= 0.6 is 0 Å². The number of fused-ring (bicyclic) bond motifs is 3. The van der Waals surface area contributed by atoms with Crippen molar-refractivity contribution < 1.29 is 4.79 Å². The number of anilines is 1. The molecule has 6 rings (SSSR count). The van der Waals surface area contributed by atoms with Gasteiger partial charge in [-0.25, -0.2) is 0 Å². The molecule has 2 aliphatic rings. The van der Waals surface area contributed by atoms with E-state index in [-0.39, 0.29) is 5.91 Å². The van der Waals surface area contributed by atoms with E-state index in [0.29, 0.717) is 0 Å². The maximum absolute atomic E-state index is 13.0. The minimum atomic E-state index is -0.0190. The van der Waals surface area contributed by atoms with Crippen molar-refractivity contribution in [1.82, 2.24) is 9.97 Å². The van der Waals surface area contributed by atoms with Crippen LogP contribution in [0, 0.1) is 0 Å². The summed E-state index contributed by atoms with van der Waals surface area (Å²) in [4.78, 5) is 21.5. The van der Waals surface area contributed by atoms with Crippen molar-refractivity contribution in [2.24, 2.45) is 0 Å². The molecule has 0 fully saturated rings. The van der Waals surface area contributed by atoms with E-state index in [4.69, 9.17) is 4.98 Å². The first-order valence-electron chi connectivity index (χ1n) is 12.9. The highest BCUT2D eigenvalue weighted by molar-refractivity contribution is 6.35. The Morgan fingerprint density at radius 3 is 2.86 bits per heavy atom. The second-order valence-electron chi connectivity index (χ2n) is 9.83. The van der Waals surface area contributed by atoms with E-state index in [1.165, 1.54) is 46.0 Å². The topological polar surface area (TPSA) is 57.8 Å². The van der Waals surface area contributed by atoms with Crippen LogP contribution in [0.25, 0.3) is 22.4 Å². The van der Waals surface area contributed by atoms with Crippen LogP contribution in [0.15, 0.2) is 54.7 Å². The Bertz CT molecular complexity index is 1450. The number of carbonyl (C=O) groups excluding carboxylic acids is 1. The number of unbranched alkanes of at least 4 members (excludes halogenated alkanes) is 1. The number of nitrogens with one attached hydrogen (secondary N) is 2. The van der Waals surface area contributed by atoms with Gasteiger partial charge in [-0.05, 0) is 84.9 Å². The number of aromatic nitrogens is 2. The van der Waals surface area contributed by atoms with Crippen molar-refractivity contribution in [3.05, 3.63) is 94.1 Å². The fourth-order valence-corrected chi connectivity index (χ4v) is 5.65. The third kappa shape index (κ3) is 4.07. The summed E-state index contributed by atoms with van der Waals surface area (Å²) in [7, 11) is 0. The van der Waals surface area contributed by atoms with Crippen LogP contribution in [0.3, 0.4) is 0 Å². The largest absolute Gasteiger partial charge is 0.358 e. The first-order chi connectivity index (χ1) is 17.2. The van der Waals surface area contributed by atoms with Gasteiger partial charge in [-0.1, -0.05) is 43.7 Å². The van der Waals surface area contributed by atoms with Crippen LogP contribution in [0.4, 0.5) is 5.69 Å². The lowest BCUT2D eigenvalue weighted by atomic mass is 9.91. The summed E-state index contributed by atoms with van der Waals surface area (Å²) >= 11 is 0. The van der Waals surface area contributed by atoms with Crippen LogP contribution in [0.1, 0.15) is 71.9 Å². The summed E-state index contributed by atoms with van der Waals surface area (Å²) < 4.78 is 0. The molecule has 1 amide bonds. The number of amides is 1. The first-order valence-corrected chi connectivity index (χ1v) is 12.9. The number of H-pyrrole nitrogens is 1. The minimum Gasteiger partial charge on any atom is -0.358 e. The molecule has 0 unspecified atom stereocenters. The van der Waals surface area contributed by atoms with Gasteiger partial charge >= 0.3 is 0 Å². The highest BCUT2D eigenvalue weighted by Gasteiger charge is 2.27. The van der Waals surface area contributed by atoms with Gasteiger partial charge in [0.05, 0.1) is 11.3 Å². The van der Waals surface area contributed by atoms with E-state index in [1.54, 1.807) is 0 Å².